The predicted octanol–water partition coefficient (Wildman–Crippen LogP) is 7.24. The smallest absolute Gasteiger partial charge is 0.335 e. The Kier molecular flexibility index (Phi) is 7.32. The summed E-state index contributed by atoms with van der Waals surface area (Å²) >= 11 is 1.37. The van der Waals surface area contributed by atoms with Gasteiger partial charge in [0.2, 0.25) is 0 Å². The molecule has 1 fully saturated rings. The number of nitrogens with zero attached hydrogens (tertiary/aromatic N) is 3. The SMILES string of the molecule is O=C(O)c1ccc2c(c1)nc(-c1ccc(OCc3sc(CO)nc3-c3ccc(F)cc3)cc1)n2C1CCCCC1. The van der Waals surface area contributed by atoms with Gasteiger partial charge in [0.05, 0.1) is 33.8 Å². The third kappa shape index (κ3) is 5.22. The van der Waals surface area contributed by atoms with Gasteiger partial charge in [0.1, 0.15) is 29.0 Å². The first-order valence-electron chi connectivity index (χ1n) is 13.3. The van der Waals surface area contributed by atoms with Crippen LogP contribution in [-0.2, 0) is 13.2 Å². The van der Waals surface area contributed by atoms with E-state index in [0.717, 1.165) is 40.2 Å². The Hall–Kier alpha value is -4.08. The molecule has 0 atom stereocenters. The molecule has 0 unspecified atom stereocenters. The average Bonchev–Trinajstić information content (AvgIpc) is 3.58. The first-order valence-corrected chi connectivity index (χ1v) is 14.2. The minimum absolute atomic E-state index is 0.177. The molecule has 6 rings (SSSR count). The number of carboxylic acids is 1. The third-order valence-electron chi connectivity index (χ3n) is 7.35. The Morgan fingerprint density at radius 2 is 1.70 bits per heavy atom. The van der Waals surface area contributed by atoms with Gasteiger partial charge in [-0.3, -0.25) is 0 Å². The third-order valence-corrected chi connectivity index (χ3v) is 8.37. The summed E-state index contributed by atoms with van der Waals surface area (Å²) in [5, 5.41) is 19.7. The highest BCUT2D eigenvalue weighted by Gasteiger charge is 2.23. The normalized spacial score (nSPS) is 14.1. The molecule has 0 bridgehead atoms. The fourth-order valence-corrected chi connectivity index (χ4v) is 6.26. The van der Waals surface area contributed by atoms with Crippen LogP contribution in [0.25, 0.3) is 33.7 Å². The quantitative estimate of drug-likeness (QED) is 0.209. The van der Waals surface area contributed by atoms with Gasteiger partial charge in [-0.05, 0) is 79.6 Å². The van der Waals surface area contributed by atoms with Crippen LogP contribution in [0.2, 0.25) is 0 Å². The van der Waals surface area contributed by atoms with Gasteiger partial charge < -0.3 is 19.5 Å². The van der Waals surface area contributed by atoms with Crippen molar-refractivity contribution in [1.82, 2.24) is 14.5 Å². The van der Waals surface area contributed by atoms with Crippen molar-refractivity contribution in [2.75, 3.05) is 0 Å². The van der Waals surface area contributed by atoms with Crippen molar-refractivity contribution in [3.63, 3.8) is 0 Å². The van der Waals surface area contributed by atoms with E-state index in [1.54, 1.807) is 24.3 Å². The zero-order chi connectivity index (χ0) is 27.6. The zero-order valence-corrected chi connectivity index (χ0v) is 22.5. The number of imidazole rings is 1. The van der Waals surface area contributed by atoms with Crippen molar-refractivity contribution in [3.05, 3.63) is 88.0 Å². The van der Waals surface area contributed by atoms with Crippen LogP contribution in [0.1, 0.15) is 58.4 Å². The van der Waals surface area contributed by atoms with Gasteiger partial charge in [-0.2, -0.15) is 0 Å². The number of ether oxygens (including phenoxy) is 1. The van der Waals surface area contributed by atoms with E-state index >= 15 is 0 Å². The standard InChI is InChI=1S/C31H28FN3O4S/c32-22-11-6-19(7-12-22)29-27(40-28(17-36)34-29)18-39-24-13-8-20(9-14-24)30-33-25-16-21(31(37)38)10-15-26(25)35(30)23-4-2-1-3-5-23/h6-16,23,36H,1-5,17-18H2,(H,37,38). The van der Waals surface area contributed by atoms with Crippen LogP contribution in [0.15, 0.2) is 66.7 Å². The van der Waals surface area contributed by atoms with E-state index in [-0.39, 0.29) is 24.6 Å². The highest BCUT2D eigenvalue weighted by atomic mass is 32.1. The molecule has 2 heterocycles. The summed E-state index contributed by atoms with van der Waals surface area (Å²) in [7, 11) is 0. The Labute approximate surface area is 234 Å². The Morgan fingerprint density at radius 3 is 2.40 bits per heavy atom. The lowest BCUT2D eigenvalue weighted by atomic mass is 9.95. The minimum Gasteiger partial charge on any atom is -0.488 e. The molecule has 3 aromatic carbocycles. The van der Waals surface area contributed by atoms with Crippen molar-refractivity contribution in [2.24, 2.45) is 0 Å². The largest absolute Gasteiger partial charge is 0.488 e. The van der Waals surface area contributed by atoms with Crippen LogP contribution in [0.3, 0.4) is 0 Å². The summed E-state index contributed by atoms with van der Waals surface area (Å²) in [6.45, 7) is 0.0752. The van der Waals surface area contributed by atoms with E-state index in [0.29, 0.717) is 28.0 Å². The van der Waals surface area contributed by atoms with Gasteiger partial charge >= 0.3 is 5.97 Å². The number of halogens is 1. The molecule has 7 nitrogen and oxygen atoms in total. The van der Waals surface area contributed by atoms with Gasteiger partial charge in [-0.25, -0.2) is 19.2 Å². The molecule has 1 aliphatic rings. The maximum absolute atomic E-state index is 13.4. The summed E-state index contributed by atoms with van der Waals surface area (Å²) in [5.74, 6) is 0.205. The molecule has 0 radical (unpaired) electrons. The molecule has 1 saturated carbocycles. The molecule has 2 aromatic heterocycles. The van der Waals surface area contributed by atoms with Crippen LogP contribution in [0.5, 0.6) is 5.75 Å². The van der Waals surface area contributed by atoms with Crippen LogP contribution in [-0.4, -0.2) is 30.7 Å². The van der Waals surface area contributed by atoms with Crippen LogP contribution in [0, 0.1) is 5.82 Å². The predicted molar refractivity (Wildman–Crippen MR) is 152 cm³/mol. The Balaban J connectivity index is 1.28. The number of aliphatic hydroxyl groups excluding tert-OH is 1. The van der Waals surface area contributed by atoms with Crippen molar-refractivity contribution < 1.29 is 24.1 Å². The first kappa shape index (κ1) is 26.2. The number of rotatable bonds is 8. The van der Waals surface area contributed by atoms with Gasteiger partial charge in [0.25, 0.3) is 0 Å². The number of hydrogen-bond donors (Lipinski definition) is 2. The topological polar surface area (TPSA) is 97.5 Å². The molecule has 1 aliphatic carbocycles. The number of benzene rings is 3. The lowest BCUT2D eigenvalue weighted by Gasteiger charge is -2.25. The van der Waals surface area contributed by atoms with Gasteiger partial charge in [0.15, 0.2) is 0 Å². The van der Waals surface area contributed by atoms with E-state index in [9.17, 15) is 19.4 Å². The van der Waals surface area contributed by atoms with Crippen LogP contribution in [0.4, 0.5) is 4.39 Å². The fraction of sp³-hybridized carbons (Fsp3) is 0.258. The number of thiazole rings is 1. The van der Waals surface area contributed by atoms with E-state index in [4.69, 9.17) is 9.72 Å². The lowest BCUT2D eigenvalue weighted by molar-refractivity contribution is 0.0697. The molecule has 5 aromatic rings. The lowest BCUT2D eigenvalue weighted by Crippen LogP contribution is -2.14. The summed E-state index contributed by atoms with van der Waals surface area (Å²) in [4.78, 5) is 21.8. The molecule has 9 heteroatoms. The number of hydrogen-bond acceptors (Lipinski definition) is 6. The van der Waals surface area contributed by atoms with Crippen molar-refractivity contribution in [3.8, 4) is 28.4 Å². The highest BCUT2D eigenvalue weighted by Crippen LogP contribution is 2.37. The number of aliphatic hydroxyl groups is 1. The van der Waals surface area contributed by atoms with E-state index in [1.165, 1.54) is 42.7 Å². The minimum atomic E-state index is -0.966. The molecular weight excluding hydrogens is 529 g/mol. The number of fused-ring (bicyclic) bond motifs is 1. The van der Waals surface area contributed by atoms with Gasteiger partial charge in [-0.1, -0.05) is 19.3 Å². The molecule has 2 N–H and O–H groups in total. The molecule has 40 heavy (non-hydrogen) atoms. The maximum Gasteiger partial charge on any atom is 0.335 e. The second kappa shape index (κ2) is 11.2. The molecule has 0 saturated heterocycles. The molecule has 204 valence electrons. The number of carbonyl (C=O) groups is 1. The van der Waals surface area contributed by atoms with Crippen LogP contribution >= 0.6 is 11.3 Å². The van der Waals surface area contributed by atoms with Crippen molar-refractivity contribution >= 4 is 28.3 Å². The van der Waals surface area contributed by atoms with Gasteiger partial charge in [0, 0.05) is 17.2 Å². The van der Waals surface area contributed by atoms with Gasteiger partial charge in [-0.15, -0.1) is 11.3 Å². The monoisotopic (exact) mass is 557 g/mol. The van der Waals surface area contributed by atoms with Crippen molar-refractivity contribution in [2.45, 2.75) is 51.4 Å². The first-order chi connectivity index (χ1) is 19.5. The zero-order valence-electron chi connectivity index (χ0n) is 21.7. The summed E-state index contributed by atoms with van der Waals surface area (Å²) in [6.07, 6.45) is 5.71. The summed E-state index contributed by atoms with van der Waals surface area (Å²) < 4.78 is 21.8. The van der Waals surface area contributed by atoms with Crippen molar-refractivity contribution in [1.29, 1.82) is 0 Å². The number of aromatic nitrogens is 3. The van der Waals surface area contributed by atoms with E-state index in [2.05, 4.69) is 9.55 Å². The molecular formula is C31H28FN3O4S. The number of carboxylic acid groups (broad SMARTS) is 1. The summed E-state index contributed by atoms with van der Waals surface area (Å²) in [5.41, 5.74) is 4.22. The maximum atomic E-state index is 13.4. The van der Waals surface area contributed by atoms with Crippen LogP contribution < -0.4 is 4.74 Å². The Morgan fingerprint density at radius 1 is 0.975 bits per heavy atom. The number of aromatic carboxylic acids is 1. The molecule has 0 spiro atoms. The Bertz CT molecular complexity index is 1650. The van der Waals surface area contributed by atoms with E-state index < -0.39 is 5.97 Å². The van der Waals surface area contributed by atoms with E-state index in [1.807, 2.05) is 30.3 Å². The molecule has 0 aliphatic heterocycles. The second-order valence-electron chi connectivity index (χ2n) is 9.96. The average molecular weight is 558 g/mol. The summed E-state index contributed by atoms with van der Waals surface area (Å²) in [6, 6.07) is 19.3. The molecule has 0 amide bonds. The highest BCUT2D eigenvalue weighted by molar-refractivity contribution is 7.12. The second-order valence-corrected chi connectivity index (χ2v) is 11.1. The fourth-order valence-electron chi connectivity index (χ4n) is 5.39.